The van der Waals surface area contributed by atoms with Crippen LogP contribution in [0.2, 0.25) is 5.02 Å². The zero-order valence-electron chi connectivity index (χ0n) is 10.8. The minimum Gasteiger partial charge on any atom is -0.480 e. The Hall–Kier alpha value is -1.79. The average Bonchev–Trinajstić information content (AvgIpc) is 2.81. The largest absolute Gasteiger partial charge is 0.480 e. The van der Waals surface area contributed by atoms with E-state index in [2.05, 4.69) is 5.32 Å². The molecule has 1 aliphatic heterocycles. The average molecular weight is 300 g/mol. The van der Waals surface area contributed by atoms with E-state index in [1.54, 1.807) is 18.2 Å². The van der Waals surface area contributed by atoms with Crippen LogP contribution in [-0.2, 0) is 20.7 Å². The van der Waals surface area contributed by atoms with E-state index in [9.17, 15) is 9.59 Å². The highest BCUT2D eigenvalue weighted by molar-refractivity contribution is 6.30. The molecule has 20 heavy (non-hydrogen) atoms. The molecule has 1 aliphatic rings. The van der Waals surface area contributed by atoms with Gasteiger partial charge in [0, 0.05) is 18.6 Å². The van der Waals surface area contributed by atoms with Gasteiger partial charge in [0.15, 0.2) is 12.2 Å². The second-order valence-electron chi connectivity index (χ2n) is 4.37. The highest BCUT2D eigenvalue weighted by Crippen LogP contribution is 2.31. The van der Waals surface area contributed by atoms with Crippen LogP contribution in [0.4, 0.5) is 0 Å². The van der Waals surface area contributed by atoms with Crippen LogP contribution >= 0.6 is 11.6 Å². The quantitative estimate of drug-likeness (QED) is 0.842. The molecule has 0 radical (unpaired) electrons. The number of ether oxygens (including phenoxy) is 2. The minimum atomic E-state index is -1.13. The van der Waals surface area contributed by atoms with E-state index in [4.69, 9.17) is 26.2 Å². The molecule has 0 fully saturated rings. The predicted octanol–water partition coefficient (Wildman–Crippen LogP) is 0.859. The number of carbonyl (C=O) groups excluding carboxylic acids is 1. The van der Waals surface area contributed by atoms with Crippen molar-refractivity contribution in [2.45, 2.75) is 18.6 Å². The molecule has 0 saturated carbocycles. The first-order chi connectivity index (χ1) is 9.51. The Morgan fingerprint density at radius 2 is 2.35 bits per heavy atom. The SMILES string of the molecule is COC(CNC(=O)C1Cc2cc(Cl)ccc2O1)C(=O)O. The van der Waals surface area contributed by atoms with Crippen molar-refractivity contribution in [3.8, 4) is 5.75 Å². The molecule has 0 aromatic heterocycles. The summed E-state index contributed by atoms with van der Waals surface area (Å²) in [6.45, 7) is -0.109. The monoisotopic (exact) mass is 299 g/mol. The molecule has 1 aromatic rings. The number of aliphatic carboxylic acids is 1. The normalized spacial score (nSPS) is 18.0. The van der Waals surface area contributed by atoms with Gasteiger partial charge in [-0.25, -0.2) is 4.79 Å². The summed E-state index contributed by atoms with van der Waals surface area (Å²) in [5.74, 6) is -0.882. The van der Waals surface area contributed by atoms with Gasteiger partial charge in [-0.2, -0.15) is 0 Å². The lowest BCUT2D eigenvalue weighted by Gasteiger charge is -2.14. The smallest absolute Gasteiger partial charge is 0.334 e. The third kappa shape index (κ3) is 3.20. The second kappa shape index (κ2) is 6.11. The van der Waals surface area contributed by atoms with Crippen LogP contribution in [0.3, 0.4) is 0 Å². The van der Waals surface area contributed by atoms with Crippen LogP contribution in [0, 0.1) is 0 Å². The number of fused-ring (bicyclic) bond motifs is 1. The Labute approximate surface area is 120 Å². The molecule has 7 heteroatoms. The molecule has 108 valence electrons. The topological polar surface area (TPSA) is 84.9 Å². The fraction of sp³-hybridized carbons (Fsp3) is 0.385. The number of amides is 1. The summed E-state index contributed by atoms with van der Waals surface area (Å²) >= 11 is 5.87. The molecule has 2 N–H and O–H groups in total. The van der Waals surface area contributed by atoms with Gasteiger partial charge in [0.25, 0.3) is 5.91 Å². The minimum absolute atomic E-state index is 0.109. The van der Waals surface area contributed by atoms with Crippen molar-refractivity contribution in [3.05, 3.63) is 28.8 Å². The highest BCUT2D eigenvalue weighted by atomic mass is 35.5. The van der Waals surface area contributed by atoms with Gasteiger partial charge in [-0.3, -0.25) is 4.79 Å². The first kappa shape index (κ1) is 14.6. The standard InChI is InChI=1S/C13H14ClNO5/c1-19-11(13(17)18)6-15-12(16)10-5-7-4-8(14)2-3-9(7)20-10/h2-4,10-11H,5-6H2,1H3,(H,15,16)(H,17,18). The molecule has 0 saturated heterocycles. The summed E-state index contributed by atoms with van der Waals surface area (Å²) in [6.07, 6.45) is -1.33. The number of halogens is 1. The number of hydrogen-bond donors (Lipinski definition) is 2. The summed E-state index contributed by atoms with van der Waals surface area (Å²) < 4.78 is 10.2. The molecule has 1 amide bonds. The van der Waals surface area contributed by atoms with Crippen molar-refractivity contribution < 1.29 is 24.2 Å². The van der Waals surface area contributed by atoms with Crippen molar-refractivity contribution in [2.75, 3.05) is 13.7 Å². The zero-order chi connectivity index (χ0) is 14.7. The van der Waals surface area contributed by atoms with Crippen molar-refractivity contribution >= 4 is 23.5 Å². The lowest BCUT2D eigenvalue weighted by Crippen LogP contribution is -2.43. The predicted molar refractivity (Wildman–Crippen MR) is 71.0 cm³/mol. The maximum absolute atomic E-state index is 11.9. The first-order valence-corrected chi connectivity index (χ1v) is 6.37. The summed E-state index contributed by atoms with van der Waals surface area (Å²) in [5.41, 5.74) is 0.860. The lowest BCUT2D eigenvalue weighted by molar-refractivity contribution is -0.148. The number of hydrogen-bond acceptors (Lipinski definition) is 4. The van der Waals surface area contributed by atoms with E-state index in [0.717, 1.165) is 5.56 Å². The zero-order valence-corrected chi connectivity index (χ0v) is 11.5. The molecule has 0 spiro atoms. The van der Waals surface area contributed by atoms with Crippen LogP contribution in [-0.4, -0.2) is 42.8 Å². The Balaban J connectivity index is 1.91. The molecule has 6 nitrogen and oxygen atoms in total. The summed E-state index contributed by atoms with van der Waals surface area (Å²) in [5, 5.41) is 11.9. The van der Waals surface area contributed by atoms with Gasteiger partial charge in [-0.05, 0) is 23.8 Å². The van der Waals surface area contributed by atoms with Gasteiger partial charge >= 0.3 is 5.97 Å². The van der Waals surface area contributed by atoms with Crippen molar-refractivity contribution in [1.82, 2.24) is 5.32 Å². The van der Waals surface area contributed by atoms with Gasteiger partial charge in [0.2, 0.25) is 0 Å². The third-order valence-corrected chi connectivity index (χ3v) is 3.25. The third-order valence-electron chi connectivity index (χ3n) is 3.01. The number of rotatable bonds is 5. The molecule has 2 rings (SSSR count). The lowest BCUT2D eigenvalue weighted by atomic mass is 10.1. The molecule has 1 heterocycles. The maximum atomic E-state index is 11.9. The fourth-order valence-electron chi connectivity index (χ4n) is 1.94. The second-order valence-corrected chi connectivity index (χ2v) is 4.81. The van der Waals surface area contributed by atoms with E-state index in [1.807, 2.05) is 0 Å². The maximum Gasteiger partial charge on any atom is 0.334 e. The summed E-state index contributed by atoms with van der Waals surface area (Å²) in [7, 11) is 1.27. The number of methoxy groups -OCH3 is 1. The van der Waals surface area contributed by atoms with Crippen LogP contribution in [0.15, 0.2) is 18.2 Å². The van der Waals surface area contributed by atoms with Gasteiger partial charge in [-0.15, -0.1) is 0 Å². The molecule has 1 aromatic carbocycles. The molecular formula is C13H14ClNO5. The Bertz CT molecular complexity index is 533. The fourth-order valence-corrected chi connectivity index (χ4v) is 2.14. The Morgan fingerprint density at radius 3 is 3.00 bits per heavy atom. The number of benzene rings is 1. The number of carboxylic acid groups (broad SMARTS) is 1. The molecular weight excluding hydrogens is 286 g/mol. The molecule has 0 bridgehead atoms. The van der Waals surface area contributed by atoms with Gasteiger partial charge in [0.1, 0.15) is 5.75 Å². The van der Waals surface area contributed by atoms with Crippen molar-refractivity contribution in [3.63, 3.8) is 0 Å². The van der Waals surface area contributed by atoms with Gasteiger partial charge in [-0.1, -0.05) is 11.6 Å². The Morgan fingerprint density at radius 1 is 1.60 bits per heavy atom. The number of carbonyl (C=O) groups is 2. The van der Waals surface area contributed by atoms with E-state index in [0.29, 0.717) is 17.2 Å². The highest BCUT2D eigenvalue weighted by Gasteiger charge is 2.30. The van der Waals surface area contributed by atoms with E-state index >= 15 is 0 Å². The van der Waals surface area contributed by atoms with Crippen LogP contribution in [0.1, 0.15) is 5.56 Å². The van der Waals surface area contributed by atoms with Gasteiger partial charge in [0.05, 0.1) is 6.54 Å². The first-order valence-electron chi connectivity index (χ1n) is 5.99. The van der Waals surface area contributed by atoms with Crippen LogP contribution in [0.5, 0.6) is 5.75 Å². The summed E-state index contributed by atoms with van der Waals surface area (Å²) in [6, 6.07) is 5.14. The van der Waals surface area contributed by atoms with E-state index in [1.165, 1.54) is 7.11 Å². The van der Waals surface area contributed by atoms with Crippen molar-refractivity contribution in [1.29, 1.82) is 0 Å². The number of nitrogens with one attached hydrogen (secondary N) is 1. The molecule has 0 aliphatic carbocycles. The van der Waals surface area contributed by atoms with E-state index in [-0.39, 0.29) is 12.5 Å². The van der Waals surface area contributed by atoms with Gasteiger partial charge < -0.3 is 19.9 Å². The molecule has 2 unspecified atom stereocenters. The van der Waals surface area contributed by atoms with Crippen LogP contribution in [0.25, 0.3) is 0 Å². The van der Waals surface area contributed by atoms with Crippen LogP contribution < -0.4 is 10.1 Å². The molecule has 2 atom stereocenters. The summed E-state index contributed by atoms with van der Waals surface area (Å²) in [4.78, 5) is 22.7. The van der Waals surface area contributed by atoms with Crippen molar-refractivity contribution in [2.24, 2.45) is 0 Å². The Kier molecular flexibility index (Phi) is 4.46. The van der Waals surface area contributed by atoms with E-state index < -0.39 is 18.2 Å². The number of carboxylic acids is 1.